The molecule has 3 heterocycles. The second kappa shape index (κ2) is 4.63. The second-order valence-corrected chi connectivity index (χ2v) is 5.87. The van der Waals surface area contributed by atoms with Crippen LogP contribution in [-0.2, 0) is 0 Å². The fourth-order valence-electron chi connectivity index (χ4n) is 3.75. The van der Waals surface area contributed by atoms with E-state index >= 15 is 0 Å². The van der Waals surface area contributed by atoms with Gasteiger partial charge in [-0.05, 0) is 37.0 Å². The summed E-state index contributed by atoms with van der Waals surface area (Å²) < 4.78 is 0. The van der Waals surface area contributed by atoms with Gasteiger partial charge in [0.15, 0.2) is 0 Å². The molecule has 4 nitrogen and oxygen atoms in total. The largest absolute Gasteiger partial charge is 0.361 e. The van der Waals surface area contributed by atoms with Crippen LogP contribution in [0, 0.1) is 5.92 Å². The van der Waals surface area contributed by atoms with Gasteiger partial charge in [0.05, 0.1) is 0 Å². The Morgan fingerprint density at radius 3 is 3.15 bits per heavy atom. The minimum absolute atomic E-state index is 0.189. The molecule has 2 N–H and O–H groups in total. The molecule has 0 bridgehead atoms. The second-order valence-electron chi connectivity index (χ2n) is 5.87. The fourth-order valence-corrected chi connectivity index (χ4v) is 3.75. The summed E-state index contributed by atoms with van der Waals surface area (Å²) >= 11 is 0. The van der Waals surface area contributed by atoms with E-state index in [2.05, 4.69) is 15.2 Å². The van der Waals surface area contributed by atoms with Crippen LogP contribution in [0.15, 0.2) is 30.5 Å². The molecule has 2 atom stereocenters. The third kappa shape index (κ3) is 1.75. The number of hydrogen-bond donors (Lipinski definition) is 2. The van der Waals surface area contributed by atoms with Gasteiger partial charge < -0.3 is 15.2 Å². The van der Waals surface area contributed by atoms with Gasteiger partial charge in [0.1, 0.15) is 0 Å². The predicted molar refractivity (Wildman–Crippen MR) is 78.7 cm³/mol. The van der Waals surface area contributed by atoms with Gasteiger partial charge in [0.25, 0.3) is 5.91 Å². The number of nitrogens with one attached hydrogen (secondary N) is 2. The zero-order valence-electron chi connectivity index (χ0n) is 11.4. The molecular weight excluding hydrogens is 250 g/mol. The molecule has 0 aliphatic carbocycles. The summed E-state index contributed by atoms with van der Waals surface area (Å²) in [6.45, 7) is 2.89. The molecule has 2 saturated heterocycles. The Morgan fingerprint density at radius 1 is 1.25 bits per heavy atom. The Bertz CT molecular complexity index is 648. The Balaban J connectivity index is 1.71. The van der Waals surface area contributed by atoms with Crippen molar-refractivity contribution in [1.29, 1.82) is 0 Å². The number of aromatic nitrogens is 1. The highest BCUT2D eigenvalue weighted by Crippen LogP contribution is 2.29. The summed E-state index contributed by atoms with van der Waals surface area (Å²) in [4.78, 5) is 18.2. The van der Waals surface area contributed by atoms with E-state index in [9.17, 15) is 4.79 Å². The number of fused-ring (bicyclic) bond motifs is 2. The molecule has 0 radical (unpaired) electrons. The van der Waals surface area contributed by atoms with E-state index in [0.29, 0.717) is 12.0 Å². The first kappa shape index (κ1) is 12.0. The van der Waals surface area contributed by atoms with Crippen molar-refractivity contribution >= 4 is 16.8 Å². The number of benzene rings is 1. The molecule has 2 aliphatic rings. The molecule has 0 saturated carbocycles. The lowest BCUT2D eigenvalue weighted by molar-refractivity contribution is 0.0577. The van der Waals surface area contributed by atoms with Crippen molar-refractivity contribution in [3.63, 3.8) is 0 Å². The number of hydrogen-bond acceptors (Lipinski definition) is 2. The highest BCUT2D eigenvalue weighted by Gasteiger charge is 2.37. The van der Waals surface area contributed by atoms with Crippen LogP contribution in [0.3, 0.4) is 0 Å². The number of H-pyrrole nitrogens is 1. The van der Waals surface area contributed by atoms with Crippen LogP contribution in [0.2, 0.25) is 0 Å². The topological polar surface area (TPSA) is 48.1 Å². The van der Waals surface area contributed by atoms with E-state index in [-0.39, 0.29) is 5.91 Å². The van der Waals surface area contributed by atoms with Gasteiger partial charge in [0, 0.05) is 48.3 Å². The molecule has 1 amide bonds. The van der Waals surface area contributed by atoms with Crippen LogP contribution >= 0.6 is 0 Å². The number of piperidine rings is 1. The Labute approximate surface area is 118 Å². The summed E-state index contributed by atoms with van der Waals surface area (Å²) in [6, 6.07) is 8.30. The highest BCUT2D eigenvalue weighted by atomic mass is 16.2. The fraction of sp³-hybridized carbons (Fsp3) is 0.438. The van der Waals surface area contributed by atoms with Crippen molar-refractivity contribution in [2.45, 2.75) is 18.9 Å². The standard InChI is InChI=1S/C16H19N3O/c20-16(13-4-1-5-14-12(13)6-7-18-14)19-8-2-3-11-9-17-10-15(11)19/h1,4-7,11,15,17-18H,2-3,8-10H2. The van der Waals surface area contributed by atoms with Crippen molar-refractivity contribution in [3.8, 4) is 0 Å². The first-order valence-electron chi connectivity index (χ1n) is 7.42. The van der Waals surface area contributed by atoms with Crippen LogP contribution in [0.4, 0.5) is 0 Å². The molecule has 2 fully saturated rings. The zero-order valence-corrected chi connectivity index (χ0v) is 11.4. The molecule has 4 rings (SSSR count). The van der Waals surface area contributed by atoms with Crippen molar-refractivity contribution in [2.24, 2.45) is 5.92 Å². The molecule has 2 unspecified atom stereocenters. The molecule has 1 aromatic heterocycles. The van der Waals surface area contributed by atoms with Crippen LogP contribution < -0.4 is 5.32 Å². The molecule has 2 aromatic rings. The molecule has 1 aromatic carbocycles. The minimum Gasteiger partial charge on any atom is -0.361 e. The molecule has 0 spiro atoms. The first-order chi connectivity index (χ1) is 9.84. The van der Waals surface area contributed by atoms with E-state index in [1.54, 1.807) is 0 Å². The number of carbonyl (C=O) groups is 1. The van der Waals surface area contributed by atoms with Crippen LogP contribution in [0.1, 0.15) is 23.2 Å². The first-order valence-corrected chi connectivity index (χ1v) is 7.42. The molecule has 104 valence electrons. The highest BCUT2D eigenvalue weighted by molar-refractivity contribution is 6.06. The lowest BCUT2D eigenvalue weighted by Crippen LogP contribution is -2.48. The maximum atomic E-state index is 12.9. The summed E-state index contributed by atoms with van der Waals surface area (Å²) in [5, 5.41) is 4.47. The Kier molecular flexibility index (Phi) is 2.77. The quantitative estimate of drug-likeness (QED) is 0.832. The van der Waals surface area contributed by atoms with Crippen molar-refractivity contribution < 1.29 is 4.79 Å². The third-order valence-corrected chi connectivity index (χ3v) is 4.76. The van der Waals surface area contributed by atoms with Gasteiger partial charge in [-0.3, -0.25) is 4.79 Å². The monoisotopic (exact) mass is 269 g/mol. The smallest absolute Gasteiger partial charge is 0.254 e. The maximum absolute atomic E-state index is 12.9. The zero-order chi connectivity index (χ0) is 13.5. The number of carbonyl (C=O) groups excluding carboxylic acids is 1. The number of likely N-dealkylation sites (tertiary alicyclic amines) is 1. The van der Waals surface area contributed by atoms with E-state index in [1.165, 1.54) is 6.42 Å². The van der Waals surface area contributed by atoms with Gasteiger partial charge in [-0.25, -0.2) is 0 Å². The SMILES string of the molecule is O=C(c1cccc2[nH]ccc12)N1CCCC2CNCC21. The lowest BCUT2D eigenvalue weighted by atomic mass is 9.91. The van der Waals surface area contributed by atoms with E-state index < -0.39 is 0 Å². The van der Waals surface area contributed by atoms with E-state index in [1.807, 2.05) is 30.5 Å². The number of aromatic amines is 1. The summed E-state index contributed by atoms with van der Waals surface area (Å²) in [5.41, 5.74) is 1.87. The van der Waals surface area contributed by atoms with E-state index in [0.717, 1.165) is 42.5 Å². The van der Waals surface area contributed by atoms with E-state index in [4.69, 9.17) is 0 Å². The molecule has 2 aliphatic heterocycles. The Hall–Kier alpha value is -1.81. The maximum Gasteiger partial charge on any atom is 0.254 e. The average Bonchev–Trinajstić information content (AvgIpc) is 3.13. The van der Waals surface area contributed by atoms with Gasteiger partial charge in [0.2, 0.25) is 0 Å². The molecule has 20 heavy (non-hydrogen) atoms. The van der Waals surface area contributed by atoms with Crippen molar-refractivity contribution in [2.75, 3.05) is 19.6 Å². The van der Waals surface area contributed by atoms with Crippen molar-refractivity contribution in [1.82, 2.24) is 15.2 Å². The summed E-state index contributed by atoms with van der Waals surface area (Å²) in [5.74, 6) is 0.826. The van der Waals surface area contributed by atoms with Crippen LogP contribution in [0.5, 0.6) is 0 Å². The predicted octanol–water partition coefficient (Wildman–Crippen LogP) is 1.99. The molecule has 4 heteroatoms. The number of amides is 1. The third-order valence-electron chi connectivity index (χ3n) is 4.76. The van der Waals surface area contributed by atoms with Gasteiger partial charge >= 0.3 is 0 Å². The van der Waals surface area contributed by atoms with Crippen LogP contribution in [-0.4, -0.2) is 41.5 Å². The Morgan fingerprint density at radius 2 is 2.20 bits per heavy atom. The molecular formula is C16H19N3O. The normalized spacial score (nSPS) is 25.9. The number of rotatable bonds is 1. The van der Waals surface area contributed by atoms with Gasteiger partial charge in [-0.2, -0.15) is 0 Å². The van der Waals surface area contributed by atoms with Crippen molar-refractivity contribution in [3.05, 3.63) is 36.0 Å². The number of nitrogens with zero attached hydrogens (tertiary/aromatic N) is 1. The minimum atomic E-state index is 0.189. The van der Waals surface area contributed by atoms with Crippen LogP contribution in [0.25, 0.3) is 10.9 Å². The summed E-state index contributed by atoms with van der Waals surface area (Å²) in [7, 11) is 0. The van der Waals surface area contributed by atoms with Gasteiger partial charge in [-0.15, -0.1) is 0 Å². The van der Waals surface area contributed by atoms with Gasteiger partial charge in [-0.1, -0.05) is 6.07 Å². The summed E-state index contributed by atoms with van der Waals surface area (Å²) in [6.07, 6.45) is 4.27. The lowest BCUT2D eigenvalue weighted by Gasteiger charge is -2.37. The average molecular weight is 269 g/mol.